The fraction of sp³-hybridized carbons (Fsp3) is 0.394. The molecule has 0 saturated carbocycles. The highest BCUT2D eigenvalue weighted by atomic mass is 32.2. The topological polar surface area (TPSA) is 96.0 Å². The molecule has 0 fully saturated rings. The van der Waals surface area contributed by atoms with Crippen LogP contribution in [0, 0.1) is 12.8 Å². The Morgan fingerprint density at radius 1 is 0.905 bits per heavy atom. The molecule has 42 heavy (non-hydrogen) atoms. The van der Waals surface area contributed by atoms with Crippen LogP contribution in [0.15, 0.2) is 77.7 Å². The third-order valence-corrected chi connectivity index (χ3v) is 8.86. The number of hydrogen-bond acceptors (Lipinski definition) is 5. The molecule has 1 N–H and O–H groups in total. The zero-order valence-electron chi connectivity index (χ0n) is 25.6. The van der Waals surface area contributed by atoms with Gasteiger partial charge in [-0.15, -0.1) is 0 Å². The van der Waals surface area contributed by atoms with E-state index >= 15 is 0 Å². The molecule has 0 aromatic heterocycles. The molecule has 0 bridgehead atoms. The van der Waals surface area contributed by atoms with Crippen molar-refractivity contribution in [3.63, 3.8) is 0 Å². The average Bonchev–Trinajstić information content (AvgIpc) is 2.97. The van der Waals surface area contributed by atoms with Crippen LogP contribution in [0.4, 0.5) is 5.69 Å². The lowest BCUT2D eigenvalue weighted by atomic mass is 10.0. The molecule has 0 heterocycles. The van der Waals surface area contributed by atoms with E-state index in [-0.39, 0.29) is 29.2 Å². The first kappa shape index (κ1) is 32.7. The maximum atomic E-state index is 14.1. The molecule has 0 unspecified atom stereocenters. The largest absolute Gasteiger partial charge is 0.497 e. The van der Waals surface area contributed by atoms with Crippen molar-refractivity contribution in [3.8, 4) is 5.75 Å². The maximum Gasteiger partial charge on any atom is 0.264 e. The highest BCUT2D eigenvalue weighted by Gasteiger charge is 2.32. The number of ether oxygens (including phenoxy) is 1. The zero-order chi connectivity index (χ0) is 31.0. The van der Waals surface area contributed by atoms with Crippen molar-refractivity contribution in [2.75, 3.05) is 24.5 Å². The van der Waals surface area contributed by atoms with Crippen LogP contribution in [0.2, 0.25) is 0 Å². The van der Waals surface area contributed by atoms with Crippen LogP contribution in [-0.4, -0.2) is 51.4 Å². The second kappa shape index (κ2) is 14.4. The Hall–Kier alpha value is -3.85. The van der Waals surface area contributed by atoms with Gasteiger partial charge in [-0.3, -0.25) is 13.9 Å². The highest BCUT2D eigenvalue weighted by Crippen LogP contribution is 2.27. The van der Waals surface area contributed by atoms with Gasteiger partial charge in [0.2, 0.25) is 11.8 Å². The summed E-state index contributed by atoms with van der Waals surface area (Å²) in [5.74, 6) is 0.285. The number of nitrogens with one attached hydrogen (secondary N) is 1. The molecule has 3 aromatic carbocycles. The van der Waals surface area contributed by atoms with Crippen molar-refractivity contribution >= 4 is 27.5 Å². The summed E-state index contributed by atoms with van der Waals surface area (Å²) in [7, 11) is -2.56. The van der Waals surface area contributed by atoms with Gasteiger partial charge < -0.3 is 15.0 Å². The smallest absolute Gasteiger partial charge is 0.264 e. The van der Waals surface area contributed by atoms with E-state index in [2.05, 4.69) is 19.2 Å². The molecule has 0 aliphatic heterocycles. The minimum atomic E-state index is -4.12. The Balaban J connectivity index is 2.04. The maximum absolute atomic E-state index is 14.1. The van der Waals surface area contributed by atoms with Crippen LogP contribution >= 0.6 is 0 Å². The number of amides is 2. The first-order valence-corrected chi connectivity index (χ1v) is 15.7. The van der Waals surface area contributed by atoms with Gasteiger partial charge in [0.15, 0.2) is 0 Å². The Morgan fingerprint density at radius 3 is 2.12 bits per heavy atom. The summed E-state index contributed by atoms with van der Waals surface area (Å²) < 4.78 is 34.5. The standard InChI is InChI=1S/C33H43N3O5S/c1-23(2)20-34-33(38)26(6)35(21-27-9-8-10-30(19-27)41-7)32(37)22-36(29-15-13-28(14-16-29)24(3)4)42(39,40)31-17-11-25(5)12-18-31/h8-19,23-24,26H,20-22H2,1-7H3,(H,34,38)/t26-/m1/s1. The number of methoxy groups -OCH3 is 1. The first-order valence-electron chi connectivity index (χ1n) is 14.2. The van der Waals surface area contributed by atoms with Crippen LogP contribution in [0.3, 0.4) is 0 Å². The lowest BCUT2D eigenvalue weighted by molar-refractivity contribution is -0.139. The van der Waals surface area contributed by atoms with Gasteiger partial charge in [-0.05, 0) is 73.2 Å². The van der Waals surface area contributed by atoms with Gasteiger partial charge in [0.25, 0.3) is 10.0 Å². The molecule has 1 atom stereocenters. The first-order chi connectivity index (χ1) is 19.8. The summed E-state index contributed by atoms with van der Waals surface area (Å²) in [5.41, 5.74) is 3.09. The van der Waals surface area contributed by atoms with Crippen molar-refractivity contribution in [3.05, 3.63) is 89.5 Å². The monoisotopic (exact) mass is 593 g/mol. The van der Waals surface area contributed by atoms with Crippen molar-refractivity contribution in [1.29, 1.82) is 0 Å². The summed E-state index contributed by atoms with van der Waals surface area (Å²) in [4.78, 5) is 28.7. The van der Waals surface area contributed by atoms with Gasteiger partial charge in [0.05, 0.1) is 17.7 Å². The number of rotatable bonds is 13. The van der Waals surface area contributed by atoms with E-state index in [1.807, 2.05) is 45.0 Å². The van der Waals surface area contributed by atoms with E-state index in [9.17, 15) is 18.0 Å². The minimum absolute atomic E-state index is 0.0795. The van der Waals surface area contributed by atoms with E-state index in [4.69, 9.17) is 4.74 Å². The number of anilines is 1. The zero-order valence-corrected chi connectivity index (χ0v) is 26.4. The van der Waals surface area contributed by atoms with Gasteiger partial charge in [0, 0.05) is 13.1 Å². The molecule has 0 aliphatic carbocycles. The second-order valence-corrected chi connectivity index (χ2v) is 13.1. The fourth-order valence-electron chi connectivity index (χ4n) is 4.39. The molecule has 8 nitrogen and oxygen atoms in total. The normalized spacial score (nSPS) is 12.2. The average molecular weight is 594 g/mol. The van der Waals surface area contributed by atoms with Crippen LogP contribution in [0.25, 0.3) is 0 Å². The van der Waals surface area contributed by atoms with E-state index in [1.54, 1.807) is 62.6 Å². The summed E-state index contributed by atoms with van der Waals surface area (Å²) >= 11 is 0. The van der Waals surface area contributed by atoms with Crippen molar-refractivity contribution in [1.82, 2.24) is 10.2 Å². The Labute approximate surface area is 250 Å². The Kier molecular flexibility index (Phi) is 11.2. The van der Waals surface area contributed by atoms with E-state index < -0.39 is 28.5 Å². The van der Waals surface area contributed by atoms with Gasteiger partial charge in [-0.2, -0.15) is 0 Å². The Morgan fingerprint density at radius 2 is 1.55 bits per heavy atom. The number of benzene rings is 3. The van der Waals surface area contributed by atoms with Crippen molar-refractivity contribution < 1.29 is 22.7 Å². The molecule has 0 saturated heterocycles. The SMILES string of the molecule is COc1cccc(CN(C(=O)CN(c2ccc(C(C)C)cc2)S(=O)(=O)c2ccc(C)cc2)[C@H](C)C(=O)NCC(C)C)c1. The van der Waals surface area contributed by atoms with Gasteiger partial charge >= 0.3 is 0 Å². The summed E-state index contributed by atoms with van der Waals surface area (Å²) in [6.45, 7) is 11.7. The van der Waals surface area contributed by atoms with E-state index in [1.165, 1.54) is 4.90 Å². The predicted octanol–water partition coefficient (Wildman–Crippen LogP) is 5.51. The molecular formula is C33H43N3O5S. The lowest BCUT2D eigenvalue weighted by Gasteiger charge is -2.32. The van der Waals surface area contributed by atoms with E-state index in [0.29, 0.717) is 18.0 Å². The molecular weight excluding hydrogens is 550 g/mol. The third-order valence-electron chi connectivity index (χ3n) is 7.07. The summed E-state index contributed by atoms with van der Waals surface area (Å²) in [6.07, 6.45) is 0. The minimum Gasteiger partial charge on any atom is -0.497 e. The van der Waals surface area contributed by atoms with Crippen LogP contribution in [0.5, 0.6) is 5.75 Å². The van der Waals surface area contributed by atoms with Crippen molar-refractivity contribution in [2.24, 2.45) is 5.92 Å². The molecule has 2 amide bonds. The number of sulfonamides is 1. The quantitative estimate of drug-likeness (QED) is 0.282. The van der Waals surface area contributed by atoms with Crippen LogP contribution < -0.4 is 14.4 Å². The van der Waals surface area contributed by atoms with Crippen LogP contribution in [0.1, 0.15) is 57.2 Å². The van der Waals surface area contributed by atoms with Gasteiger partial charge in [-0.1, -0.05) is 69.7 Å². The van der Waals surface area contributed by atoms with E-state index in [0.717, 1.165) is 21.0 Å². The Bertz CT molecular complexity index is 1450. The molecule has 3 aromatic rings. The van der Waals surface area contributed by atoms with Gasteiger partial charge in [0.1, 0.15) is 18.3 Å². The second-order valence-electron chi connectivity index (χ2n) is 11.3. The summed E-state index contributed by atoms with van der Waals surface area (Å²) in [5, 5.41) is 2.90. The number of carbonyl (C=O) groups is 2. The number of carbonyl (C=O) groups excluding carboxylic acids is 2. The molecule has 9 heteroatoms. The number of nitrogens with zero attached hydrogens (tertiary/aromatic N) is 2. The number of hydrogen-bond donors (Lipinski definition) is 1. The molecule has 0 aliphatic rings. The molecule has 0 radical (unpaired) electrons. The summed E-state index contributed by atoms with van der Waals surface area (Å²) in [6, 6.07) is 20.1. The van der Waals surface area contributed by atoms with Crippen LogP contribution in [-0.2, 0) is 26.2 Å². The number of aryl methyl sites for hydroxylation is 1. The molecule has 226 valence electrons. The molecule has 0 spiro atoms. The van der Waals surface area contributed by atoms with Crippen molar-refractivity contribution in [2.45, 2.75) is 64.9 Å². The fourth-order valence-corrected chi connectivity index (χ4v) is 5.81. The van der Waals surface area contributed by atoms with Gasteiger partial charge in [-0.25, -0.2) is 8.42 Å². The third kappa shape index (κ3) is 8.35. The lowest BCUT2D eigenvalue weighted by Crippen LogP contribution is -2.51. The predicted molar refractivity (Wildman–Crippen MR) is 167 cm³/mol. The highest BCUT2D eigenvalue weighted by molar-refractivity contribution is 7.92. The molecule has 3 rings (SSSR count).